The molecule has 7 heteroatoms. The highest BCUT2D eigenvalue weighted by molar-refractivity contribution is 7.16. The SMILES string of the molecule is COC(=O)c1c(C)[nH]c(C(=O)C[NH+](C)Cc2ccc(Cl)s2)c1C. The molecule has 2 aromatic heterocycles. The Morgan fingerprint density at radius 3 is 2.61 bits per heavy atom. The topological polar surface area (TPSA) is 63.6 Å². The van der Waals surface area contributed by atoms with Gasteiger partial charge < -0.3 is 14.6 Å². The van der Waals surface area contributed by atoms with E-state index in [1.807, 2.05) is 19.2 Å². The molecule has 0 saturated heterocycles. The number of aromatic amines is 1. The Morgan fingerprint density at radius 2 is 2.04 bits per heavy atom. The number of ketones is 1. The number of aryl methyl sites for hydroxylation is 1. The van der Waals surface area contributed by atoms with Gasteiger partial charge in [-0.3, -0.25) is 4.79 Å². The van der Waals surface area contributed by atoms with E-state index in [0.29, 0.717) is 29.1 Å². The van der Waals surface area contributed by atoms with Gasteiger partial charge in [-0.1, -0.05) is 11.6 Å². The summed E-state index contributed by atoms with van der Waals surface area (Å²) in [6.07, 6.45) is 0. The molecule has 1 atom stereocenters. The number of hydrogen-bond acceptors (Lipinski definition) is 4. The monoisotopic (exact) mass is 355 g/mol. The van der Waals surface area contributed by atoms with E-state index in [9.17, 15) is 9.59 Å². The summed E-state index contributed by atoms with van der Waals surface area (Å²) in [5.41, 5.74) is 2.22. The van der Waals surface area contributed by atoms with Gasteiger partial charge in [0, 0.05) is 5.69 Å². The van der Waals surface area contributed by atoms with Gasteiger partial charge in [0.2, 0.25) is 5.78 Å². The number of halogens is 1. The third kappa shape index (κ3) is 4.02. The number of quaternary nitrogens is 1. The van der Waals surface area contributed by atoms with E-state index >= 15 is 0 Å². The normalized spacial score (nSPS) is 12.2. The Kier molecular flexibility index (Phi) is 5.62. The molecule has 0 fully saturated rings. The number of Topliss-reactive ketones (excluding diaryl/α,β-unsaturated/α-hetero) is 1. The van der Waals surface area contributed by atoms with Crippen LogP contribution < -0.4 is 4.90 Å². The molecule has 0 spiro atoms. The molecule has 1 unspecified atom stereocenters. The number of esters is 1. The highest BCUT2D eigenvalue weighted by atomic mass is 35.5. The van der Waals surface area contributed by atoms with Crippen molar-refractivity contribution in [3.63, 3.8) is 0 Å². The molecule has 23 heavy (non-hydrogen) atoms. The van der Waals surface area contributed by atoms with Gasteiger partial charge in [0.25, 0.3) is 0 Å². The Labute approximate surface area is 144 Å². The van der Waals surface area contributed by atoms with Gasteiger partial charge in [-0.05, 0) is 31.5 Å². The summed E-state index contributed by atoms with van der Waals surface area (Å²) in [5, 5.41) is 0. The molecule has 0 aromatic carbocycles. The molecule has 2 rings (SSSR count). The molecule has 0 radical (unpaired) electrons. The lowest BCUT2D eigenvalue weighted by Crippen LogP contribution is -3.08. The second-order valence-corrected chi connectivity index (χ2v) is 7.36. The third-order valence-corrected chi connectivity index (χ3v) is 4.90. The number of nitrogens with one attached hydrogen (secondary N) is 2. The molecule has 0 aliphatic rings. The highest BCUT2D eigenvalue weighted by Gasteiger charge is 2.24. The van der Waals surface area contributed by atoms with E-state index in [4.69, 9.17) is 16.3 Å². The van der Waals surface area contributed by atoms with Gasteiger partial charge >= 0.3 is 5.97 Å². The van der Waals surface area contributed by atoms with E-state index in [0.717, 1.165) is 20.7 Å². The third-order valence-electron chi connectivity index (χ3n) is 3.67. The molecule has 124 valence electrons. The van der Waals surface area contributed by atoms with Crippen LogP contribution in [0.5, 0.6) is 0 Å². The lowest BCUT2D eigenvalue weighted by Gasteiger charge is -2.11. The first kappa shape index (κ1) is 17.7. The van der Waals surface area contributed by atoms with Crippen LogP contribution in [-0.2, 0) is 11.3 Å². The fourth-order valence-corrected chi connectivity index (χ4v) is 3.81. The van der Waals surface area contributed by atoms with Crippen LogP contribution >= 0.6 is 22.9 Å². The zero-order valence-corrected chi connectivity index (χ0v) is 15.2. The second kappa shape index (κ2) is 7.29. The number of carbonyl (C=O) groups is 2. The summed E-state index contributed by atoms with van der Waals surface area (Å²) in [5.74, 6) is -0.454. The minimum atomic E-state index is -0.427. The van der Waals surface area contributed by atoms with Crippen LogP contribution in [-0.4, -0.2) is 37.4 Å². The quantitative estimate of drug-likeness (QED) is 0.615. The van der Waals surface area contributed by atoms with Gasteiger partial charge in [0.1, 0.15) is 13.1 Å². The van der Waals surface area contributed by atoms with Gasteiger partial charge in [0.05, 0.1) is 34.6 Å². The molecule has 0 saturated carbocycles. The van der Waals surface area contributed by atoms with Crippen molar-refractivity contribution in [2.75, 3.05) is 20.7 Å². The summed E-state index contributed by atoms with van der Waals surface area (Å²) in [7, 11) is 3.29. The van der Waals surface area contributed by atoms with Crippen molar-refractivity contribution in [2.24, 2.45) is 0 Å². The largest absolute Gasteiger partial charge is 0.465 e. The maximum Gasteiger partial charge on any atom is 0.339 e. The summed E-state index contributed by atoms with van der Waals surface area (Å²) in [4.78, 5) is 29.5. The Hall–Kier alpha value is -1.63. The first-order valence-corrected chi connectivity index (χ1v) is 8.39. The van der Waals surface area contributed by atoms with E-state index in [1.165, 1.54) is 18.4 Å². The predicted molar refractivity (Wildman–Crippen MR) is 90.7 cm³/mol. The lowest BCUT2D eigenvalue weighted by atomic mass is 10.1. The zero-order valence-electron chi connectivity index (χ0n) is 13.6. The summed E-state index contributed by atoms with van der Waals surface area (Å²) < 4.78 is 5.51. The van der Waals surface area contributed by atoms with Crippen LogP contribution in [0.25, 0.3) is 0 Å². The smallest absolute Gasteiger partial charge is 0.339 e. The number of carbonyl (C=O) groups excluding carboxylic acids is 2. The molecular weight excluding hydrogens is 336 g/mol. The number of thiophene rings is 1. The van der Waals surface area contributed by atoms with Crippen molar-refractivity contribution in [1.29, 1.82) is 0 Å². The van der Waals surface area contributed by atoms with Crippen molar-refractivity contribution in [3.8, 4) is 0 Å². The maximum atomic E-state index is 12.5. The number of ether oxygens (including phenoxy) is 1. The molecule has 0 bridgehead atoms. The van der Waals surface area contributed by atoms with Crippen LogP contribution in [0.1, 0.15) is 37.0 Å². The van der Waals surface area contributed by atoms with Crippen LogP contribution in [0.15, 0.2) is 12.1 Å². The highest BCUT2D eigenvalue weighted by Crippen LogP contribution is 2.21. The Bertz CT molecular complexity index is 736. The number of H-pyrrole nitrogens is 1. The molecule has 0 aliphatic heterocycles. The molecule has 0 amide bonds. The van der Waals surface area contributed by atoms with Crippen molar-refractivity contribution in [2.45, 2.75) is 20.4 Å². The second-order valence-electron chi connectivity index (χ2n) is 5.56. The number of aromatic nitrogens is 1. The summed E-state index contributed by atoms with van der Waals surface area (Å²) >= 11 is 7.44. The summed E-state index contributed by atoms with van der Waals surface area (Å²) in [6.45, 7) is 4.58. The Balaban J connectivity index is 2.10. The van der Waals surface area contributed by atoms with E-state index in [2.05, 4.69) is 4.98 Å². The predicted octanol–water partition coefficient (Wildman–Crippen LogP) is 2.03. The van der Waals surface area contributed by atoms with E-state index < -0.39 is 5.97 Å². The lowest BCUT2D eigenvalue weighted by molar-refractivity contribution is -0.884. The molecule has 2 heterocycles. The molecular formula is C16H20ClN2O3S+. The molecule has 0 aliphatic carbocycles. The fourth-order valence-electron chi connectivity index (χ4n) is 2.61. The molecule has 5 nitrogen and oxygen atoms in total. The van der Waals surface area contributed by atoms with Crippen molar-refractivity contribution < 1.29 is 19.2 Å². The minimum Gasteiger partial charge on any atom is -0.465 e. The van der Waals surface area contributed by atoms with Gasteiger partial charge in [0.15, 0.2) is 0 Å². The van der Waals surface area contributed by atoms with Crippen molar-refractivity contribution in [3.05, 3.63) is 43.9 Å². The molecule has 2 aromatic rings. The average Bonchev–Trinajstić information content (AvgIpc) is 3.01. The molecule has 2 N–H and O–H groups in total. The van der Waals surface area contributed by atoms with Gasteiger partial charge in [-0.15, -0.1) is 11.3 Å². The van der Waals surface area contributed by atoms with E-state index in [1.54, 1.807) is 13.8 Å². The first-order valence-electron chi connectivity index (χ1n) is 7.19. The Morgan fingerprint density at radius 1 is 1.35 bits per heavy atom. The minimum absolute atomic E-state index is 0.0269. The first-order chi connectivity index (χ1) is 10.8. The van der Waals surface area contributed by atoms with Crippen LogP contribution in [0.2, 0.25) is 4.34 Å². The van der Waals surface area contributed by atoms with E-state index in [-0.39, 0.29) is 5.78 Å². The summed E-state index contributed by atoms with van der Waals surface area (Å²) in [6, 6.07) is 3.83. The van der Waals surface area contributed by atoms with Crippen LogP contribution in [0.3, 0.4) is 0 Å². The fraction of sp³-hybridized carbons (Fsp3) is 0.375. The number of likely N-dealkylation sites (N-methyl/N-ethyl adjacent to an activating group) is 1. The van der Waals surface area contributed by atoms with Crippen LogP contribution in [0, 0.1) is 13.8 Å². The average molecular weight is 356 g/mol. The zero-order chi connectivity index (χ0) is 17.1. The number of methoxy groups -OCH3 is 1. The number of hydrogen-bond donors (Lipinski definition) is 2. The van der Waals surface area contributed by atoms with Crippen LogP contribution in [0.4, 0.5) is 0 Å². The number of rotatable bonds is 6. The standard InChI is InChI=1S/C16H19ClN2O3S/c1-9-14(16(21)22-4)10(2)18-15(9)12(20)8-19(3)7-11-5-6-13(17)23-11/h5-6,18H,7-8H2,1-4H3/p+1. The maximum absolute atomic E-state index is 12.5. The van der Waals surface area contributed by atoms with Gasteiger partial charge in [-0.2, -0.15) is 0 Å². The van der Waals surface area contributed by atoms with Gasteiger partial charge in [-0.25, -0.2) is 4.79 Å². The van der Waals surface area contributed by atoms with Crippen molar-refractivity contribution in [1.82, 2.24) is 4.98 Å². The van der Waals surface area contributed by atoms with Crippen molar-refractivity contribution >= 4 is 34.7 Å².